The summed E-state index contributed by atoms with van der Waals surface area (Å²) in [6, 6.07) is 6.15. The standard InChI is InChI=1S/C14H19N3O/c1-11-8-12(4-5-14(11)18-2)13-9-16-17(10-13)7-3-6-15/h4-5,8-10H,3,6-7,15H2,1-2H3. The lowest BCUT2D eigenvalue weighted by Crippen LogP contribution is -2.05. The van der Waals surface area contributed by atoms with Crippen LogP contribution in [-0.4, -0.2) is 23.4 Å². The molecule has 0 aliphatic heterocycles. The number of ether oxygens (including phenoxy) is 1. The largest absolute Gasteiger partial charge is 0.496 e. The molecule has 4 nitrogen and oxygen atoms in total. The number of hydrogen-bond donors (Lipinski definition) is 1. The number of hydrogen-bond acceptors (Lipinski definition) is 3. The molecule has 1 heterocycles. The van der Waals surface area contributed by atoms with Gasteiger partial charge in [-0.3, -0.25) is 4.68 Å². The summed E-state index contributed by atoms with van der Waals surface area (Å²) in [6.45, 7) is 3.60. The van der Waals surface area contributed by atoms with Crippen LogP contribution in [-0.2, 0) is 6.54 Å². The Hall–Kier alpha value is -1.81. The van der Waals surface area contributed by atoms with Crippen molar-refractivity contribution in [3.63, 3.8) is 0 Å². The van der Waals surface area contributed by atoms with Crippen LogP contribution in [0.1, 0.15) is 12.0 Å². The van der Waals surface area contributed by atoms with Gasteiger partial charge in [-0.05, 0) is 43.1 Å². The van der Waals surface area contributed by atoms with E-state index >= 15 is 0 Å². The molecular weight excluding hydrogens is 226 g/mol. The lowest BCUT2D eigenvalue weighted by atomic mass is 10.1. The maximum atomic E-state index is 5.49. The van der Waals surface area contributed by atoms with Crippen molar-refractivity contribution >= 4 is 0 Å². The topological polar surface area (TPSA) is 53.1 Å². The summed E-state index contributed by atoms with van der Waals surface area (Å²) in [4.78, 5) is 0. The maximum Gasteiger partial charge on any atom is 0.121 e. The number of aromatic nitrogens is 2. The molecule has 0 aliphatic carbocycles. The second kappa shape index (κ2) is 5.69. The van der Waals surface area contributed by atoms with E-state index in [1.807, 2.05) is 23.9 Å². The monoisotopic (exact) mass is 245 g/mol. The second-order valence-corrected chi connectivity index (χ2v) is 4.32. The molecule has 4 heteroatoms. The molecule has 0 aliphatic rings. The lowest BCUT2D eigenvalue weighted by molar-refractivity contribution is 0.412. The first-order valence-electron chi connectivity index (χ1n) is 6.12. The van der Waals surface area contributed by atoms with Crippen LogP contribution in [0.15, 0.2) is 30.6 Å². The van der Waals surface area contributed by atoms with Crippen LogP contribution in [0.25, 0.3) is 11.1 Å². The molecule has 2 N–H and O–H groups in total. The van der Waals surface area contributed by atoms with E-state index in [1.54, 1.807) is 7.11 Å². The minimum atomic E-state index is 0.691. The molecule has 18 heavy (non-hydrogen) atoms. The van der Waals surface area contributed by atoms with Gasteiger partial charge in [-0.25, -0.2) is 0 Å². The summed E-state index contributed by atoms with van der Waals surface area (Å²) >= 11 is 0. The van der Waals surface area contributed by atoms with Crippen molar-refractivity contribution in [2.45, 2.75) is 19.9 Å². The zero-order valence-corrected chi connectivity index (χ0v) is 10.9. The number of methoxy groups -OCH3 is 1. The molecule has 0 radical (unpaired) electrons. The van der Waals surface area contributed by atoms with Gasteiger partial charge in [-0.1, -0.05) is 6.07 Å². The smallest absolute Gasteiger partial charge is 0.121 e. The summed E-state index contributed by atoms with van der Waals surface area (Å²) in [7, 11) is 1.69. The molecule has 2 rings (SSSR count). The highest BCUT2D eigenvalue weighted by Gasteiger charge is 2.04. The molecule has 0 unspecified atom stereocenters. The molecule has 1 aromatic heterocycles. The van der Waals surface area contributed by atoms with Crippen LogP contribution in [0, 0.1) is 6.92 Å². The molecule has 1 aromatic carbocycles. The van der Waals surface area contributed by atoms with Crippen LogP contribution in [0.3, 0.4) is 0 Å². The van der Waals surface area contributed by atoms with Crippen molar-refractivity contribution in [1.82, 2.24) is 9.78 Å². The van der Waals surface area contributed by atoms with Gasteiger partial charge in [0.05, 0.1) is 13.3 Å². The van der Waals surface area contributed by atoms with E-state index in [4.69, 9.17) is 10.5 Å². The molecule has 96 valence electrons. The number of nitrogens with zero attached hydrogens (tertiary/aromatic N) is 2. The van der Waals surface area contributed by atoms with Crippen LogP contribution in [0.2, 0.25) is 0 Å². The van der Waals surface area contributed by atoms with Crippen LogP contribution >= 0.6 is 0 Å². The third-order valence-electron chi connectivity index (χ3n) is 2.95. The molecule has 0 saturated heterocycles. The average molecular weight is 245 g/mol. The van der Waals surface area contributed by atoms with Crippen molar-refractivity contribution in [2.24, 2.45) is 5.73 Å². The molecule has 0 amide bonds. The van der Waals surface area contributed by atoms with Crippen molar-refractivity contribution in [3.05, 3.63) is 36.2 Å². The first-order chi connectivity index (χ1) is 8.74. The van der Waals surface area contributed by atoms with Crippen LogP contribution in [0.4, 0.5) is 0 Å². The third-order valence-corrected chi connectivity index (χ3v) is 2.95. The number of nitrogens with two attached hydrogens (primary N) is 1. The van der Waals surface area contributed by atoms with Crippen molar-refractivity contribution in [3.8, 4) is 16.9 Å². The Morgan fingerprint density at radius 2 is 2.17 bits per heavy atom. The van der Waals surface area contributed by atoms with Crippen molar-refractivity contribution < 1.29 is 4.74 Å². The van der Waals surface area contributed by atoms with Crippen molar-refractivity contribution in [1.29, 1.82) is 0 Å². The summed E-state index contributed by atoms with van der Waals surface area (Å²) < 4.78 is 7.19. The summed E-state index contributed by atoms with van der Waals surface area (Å²) in [6.07, 6.45) is 4.89. The van der Waals surface area contributed by atoms with Gasteiger partial charge in [0.1, 0.15) is 5.75 Å². The van der Waals surface area contributed by atoms with E-state index in [2.05, 4.69) is 23.4 Å². The van der Waals surface area contributed by atoms with Gasteiger partial charge in [0, 0.05) is 18.3 Å². The minimum absolute atomic E-state index is 0.691. The number of rotatable bonds is 5. The molecule has 0 fully saturated rings. The van der Waals surface area contributed by atoms with Gasteiger partial charge in [-0.15, -0.1) is 0 Å². The first kappa shape index (κ1) is 12.6. The fourth-order valence-electron chi connectivity index (χ4n) is 1.95. The van der Waals surface area contributed by atoms with Crippen molar-refractivity contribution in [2.75, 3.05) is 13.7 Å². The highest BCUT2D eigenvalue weighted by atomic mass is 16.5. The van der Waals surface area contributed by atoms with Crippen LogP contribution in [0.5, 0.6) is 5.75 Å². The fraction of sp³-hybridized carbons (Fsp3) is 0.357. The number of aryl methyl sites for hydroxylation is 2. The molecule has 0 bridgehead atoms. The Kier molecular flexibility index (Phi) is 3.99. The Labute approximate surface area is 107 Å². The highest BCUT2D eigenvalue weighted by Crippen LogP contribution is 2.25. The minimum Gasteiger partial charge on any atom is -0.496 e. The third kappa shape index (κ3) is 2.71. The molecule has 0 atom stereocenters. The van der Waals surface area contributed by atoms with Gasteiger partial charge in [0.2, 0.25) is 0 Å². The van der Waals surface area contributed by atoms with Gasteiger partial charge >= 0.3 is 0 Å². The zero-order valence-electron chi connectivity index (χ0n) is 10.9. The molecular formula is C14H19N3O. The Morgan fingerprint density at radius 1 is 1.33 bits per heavy atom. The molecule has 2 aromatic rings. The Balaban J connectivity index is 2.20. The molecule has 0 saturated carbocycles. The normalized spacial score (nSPS) is 10.6. The van der Waals surface area contributed by atoms with Crippen LogP contribution < -0.4 is 10.5 Å². The summed E-state index contributed by atoms with van der Waals surface area (Å²) in [5.74, 6) is 0.911. The first-order valence-corrected chi connectivity index (χ1v) is 6.12. The van der Waals surface area contributed by atoms with Gasteiger partial charge in [-0.2, -0.15) is 5.10 Å². The van der Waals surface area contributed by atoms with E-state index in [0.29, 0.717) is 6.54 Å². The SMILES string of the molecule is COc1ccc(-c2cnn(CCCN)c2)cc1C. The van der Waals surface area contributed by atoms with E-state index in [1.165, 1.54) is 0 Å². The molecule has 0 spiro atoms. The van der Waals surface area contributed by atoms with E-state index in [-0.39, 0.29) is 0 Å². The zero-order chi connectivity index (χ0) is 13.0. The average Bonchev–Trinajstić information content (AvgIpc) is 2.85. The summed E-state index contributed by atoms with van der Waals surface area (Å²) in [5, 5.41) is 4.33. The predicted octanol–water partition coefficient (Wildman–Crippen LogP) is 2.22. The van der Waals surface area contributed by atoms with E-state index in [9.17, 15) is 0 Å². The quantitative estimate of drug-likeness (QED) is 0.878. The van der Waals surface area contributed by atoms with E-state index in [0.717, 1.165) is 35.4 Å². The Morgan fingerprint density at radius 3 is 2.83 bits per heavy atom. The maximum absolute atomic E-state index is 5.49. The second-order valence-electron chi connectivity index (χ2n) is 4.32. The summed E-state index contributed by atoms with van der Waals surface area (Å²) in [5.41, 5.74) is 8.90. The Bertz CT molecular complexity index is 520. The number of benzene rings is 1. The van der Waals surface area contributed by atoms with Gasteiger partial charge in [0.25, 0.3) is 0 Å². The van der Waals surface area contributed by atoms with E-state index < -0.39 is 0 Å². The van der Waals surface area contributed by atoms with Gasteiger partial charge in [0.15, 0.2) is 0 Å². The predicted molar refractivity (Wildman–Crippen MR) is 72.6 cm³/mol. The fourth-order valence-corrected chi connectivity index (χ4v) is 1.95. The highest BCUT2D eigenvalue weighted by molar-refractivity contribution is 5.64. The van der Waals surface area contributed by atoms with Gasteiger partial charge < -0.3 is 10.5 Å². The lowest BCUT2D eigenvalue weighted by Gasteiger charge is -2.05.